The van der Waals surface area contributed by atoms with E-state index < -0.39 is 0 Å². The second kappa shape index (κ2) is 5.63. The van der Waals surface area contributed by atoms with Crippen molar-refractivity contribution in [1.29, 1.82) is 0 Å². The Bertz CT molecular complexity index is 582. The van der Waals surface area contributed by atoms with Crippen LogP contribution in [0.5, 0.6) is 0 Å². The Labute approximate surface area is 122 Å². The number of carbonyl (C=O) groups is 1. The maximum Gasteiger partial charge on any atom is 0.256 e. The summed E-state index contributed by atoms with van der Waals surface area (Å²) in [6.07, 6.45) is 1.64. The lowest BCUT2D eigenvalue weighted by Crippen LogP contribution is -2.12. The molecule has 0 aliphatic rings. The molecule has 0 saturated carbocycles. The highest BCUT2D eigenvalue weighted by Crippen LogP contribution is 2.18. The zero-order valence-electron chi connectivity index (χ0n) is 9.58. The van der Waals surface area contributed by atoms with E-state index in [2.05, 4.69) is 42.2 Å². The normalized spacial score (nSPS) is 10.2. The molecule has 2 aromatic rings. The summed E-state index contributed by atoms with van der Waals surface area (Å²) in [5.41, 5.74) is 1.63. The van der Waals surface area contributed by atoms with Crippen LogP contribution in [0.15, 0.2) is 45.5 Å². The Morgan fingerprint density at radius 2 is 2.00 bits per heavy atom. The second-order valence-electron chi connectivity index (χ2n) is 3.78. The number of benzene rings is 1. The maximum absolute atomic E-state index is 12.0. The summed E-state index contributed by atoms with van der Waals surface area (Å²) in [7, 11) is 0. The van der Waals surface area contributed by atoms with E-state index in [1.807, 2.05) is 25.1 Å². The molecule has 0 bridgehead atoms. The van der Waals surface area contributed by atoms with Crippen LogP contribution in [0, 0.1) is 6.92 Å². The van der Waals surface area contributed by atoms with Crippen LogP contribution in [0.4, 0.5) is 5.82 Å². The average molecular weight is 370 g/mol. The number of pyridine rings is 1. The molecule has 2 rings (SSSR count). The number of hydrogen-bond donors (Lipinski definition) is 1. The summed E-state index contributed by atoms with van der Waals surface area (Å²) in [6.45, 7) is 1.94. The average Bonchev–Trinajstić information content (AvgIpc) is 2.35. The van der Waals surface area contributed by atoms with Gasteiger partial charge in [0.2, 0.25) is 0 Å². The highest BCUT2D eigenvalue weighted by atomic mass is 79.9. The van der Waals surface area contributed by atoms with Crippen molar-refractivity contribution in [3.05, 3.63) is 56.6 Å². The van der Waals surface area contributed by atoms with Crippen molar-refractivity contribution >= 4 is 43.6 Å². The molecule has 1 heterocycles. The van der Waals surface area contributed by atoms with Crippen molar-refractivity contribution < 1.29 is 4.79 Å². The zero-order valence-corrected chi connectivity index (χ0v) is 12.7. The molecule has 18 heavy (non-hydrogen) atoms. The molecule has 0 fully saturated rings. The molecule has 1 aromatic carbocycles. The second-order valence-corrected chi connectivity index (χ2v) is 5.55. The molecule has 0 spiro atoms. The zero-order chi connectivity index (χ0) is 13.1. The lowest BCUT2D eigenvalue weighted by molar-refractivity contribution is 0.102. The van der Waals surface area contributed by atoms with E-state index in [0.717, 1.165) is 14.5 Å². The van der Waals surface area contributed by atoms with Gasteiger partial charge in [0.1, 0.15) is 5.82 Å². The van der Waals surface area contributed by atoms with Gasteiger partial charge in [-0.1, -0.05) is 15.9 Å². The molecule has 0 radical (unpaired) electrons. The molecular weight excluding hydrogens is 360 g/mol. The summed E-state index contributed by atoms with van der Waals surface area (Å²) < 4.78 is 1.86. The van der Waals surface area contributed by atoms with Gasteiger partial charge in [0, 0.05) is 20.7 Å². The lowest BCUT2D eigenvalue weighted by Gasteiger charge is -2.06. The minimum absolute atomic E-state index is 0.166. The van der Waals surface area contributed by atoms with Gasteiger partial charge in [0.05, 0.1) is 0 Å². The number of nitrogens with zero attached hydrogens (tertiary/aromatic N) is 1. The summed E-state index contributed by atoms with van der Waals surface area (Å²) in [4.78, 5) is 16.1. The molecule has 1 N–H and O–H groups in total. The monoisotopic (exact) mass is 368 g/mol. The number of anilines is 1. The van der Waals surface area contributed by atoms with Gasteiger partial charge in [0.15, 0.2) is 0 Å². The van der Waals surface area contributed by atoms with Crippen molar-refractivity contribution in [3.8, 4) is 0 Å². The SMILES string of the molecule is Cc1cc(C(=O)Nc2ccc(Br)cn2)ccc1Br. The molecule has 0 unspecified atom stereocenters. The van der Waals surface area contributed by atoms with Crippen LogP contribution in [-0.2, 0) is 0 Å². The van der Waals surface area contributed by atoms with Crippen molar-refractivity contribution in [3.63, 3.8) is 0 Å². The predicted octanol–water partition coefficient (Wildman–Crippen LogP) is 4.17. The first-order valence-electron chi connectivity index (χ1n) is 5.25. The number of amides is 1. The van der Waals surface area contributed by atoms with Crippen LogP contribution in [0.1, 0.15) is 15.9 Å². The van der Waals surface area contributed by atoms with Crippen LogP contribution < -0.4 is 5.32 Å². The Kier molecular flexibility index (Phi) is 4.14. The van der Waals surface area contributed by atoms with Crippen LogP contribution in [-0.4, -0.2) is 10.9 Å². The van der Waals surface area contributed by atoms with Gasteiger partial charge in [-0.15, -0.1) is 0 Å². The Hall–Kier alpha value is -1.20. The number of nitrogens with one attached hydrogen (secondary N) is 1. The summed E-state index contributed by atoms with van der Waals surface area (Å²) in [6, 6.07) is 9.03. The largest absolute Gasteiger partial charge is 0.307 e. The molecule has 3 nitrogen and oxygen atoms in total. The van der Waals surface area contributed by atoms with Gasteiger partial charge >= 0.3 is 0 Å². The van der Waals surface area contributed by atoms with E-state index in [4.69, 9.17) is 0 Å². The number of aromatic nitrogens is 1. The Morgan fingerprint density at radius 3 is 2.61 bits per heavy atom. The van der Waals surface area contributed by atoms with Gasteiger partial charge < -0.3 is 5.32 Å². The van der Waals surface area contributed by atoms with Crippen LogP contribution in [0.2, 0.25) is 0 Å². The number of halogens is 2. The smallest absolute Gasteiger partial charge is 0.256 e. The first-order chi connectivity index (χ1) is 8.56. The third-order valence-electron chi connectivity index (χ3n) is 2.39. The van der Waals surface area contributed by atoms with Gasteiger partial charge in [-0.2, -0.15) is 0 Å². The molecule has 0 atom stereocenters. The molecule has 5 heteroatoms. The number of carbonyl (C=O) groups excluding carboxylic acids is 1. The molecule has 92 valence electrons. The van der Waals surface area contributed by atoms with Gasteiger partial charge in [-0.25, -0.2) is 4.98 Å². The molecule has 1 aromatic heterocycles. The quantitative estimate of drug-likeness (QED) is 0.863. The first-order valence-corrected chi connectivity index (χ1v) is 6.84. The minimum atomic E-state index is -0.166. The van der Waals surface area contributed by atoms with E-state index in [0.29, 0.717) is 11.4 Å². The third-order valence-corrected chi connectivity index (χ3v) is 3.75. The highest BCUT2D eigenvalue weighted by Gasteiger charge is 2.07. The molecule has 0 aliphatic carbocycles. The minimum Gasteiger partial charge on any atom is -0.307 e. The summed E-state index contributed by atoms with van der Waals surface area (Å²) in [5, 5.41) is 2.75. The van der Waals surface area contributed by atoms with Crippen molar-refractivity contribution in [1.82, 2.24) is 4.98 Å². The van der Waals surface area contributed by atoms with E-state index in [1.54, 1.807) is 18.3 Å². The highest BCUT2D eigenvalue weighted by molar-refractivity contribution is 9.10. The van der Waals surface area contributed by atoms with Gasteiger partial charge in [0.25, 0.3) is 5.91 Å². The van der Waals surface area contributed by atoms with Gasteiger partial charge in [-0.05, 0) is 58.7 Å². The Balaban J connectivity index is 2.16. The van der Waals surface area contributed by atoms with Crippen molar-refractivity contribution in [2.24, 2.45) is 0 Å². The third kappa shape index (κ3) is 3.17. The topological polar surface area (TPSA) is 42.0 Å². The van der Waals surface area contributed by atoms with E-state index >= 15 is 0 Å². The summed E-state index contributed by atoms with van der Waals surface area (Å²) >= 11 is 6.70. The fraction of sp³-hybridized carbons (Fsp3) is 0.0769. The van der Waals surface area contributed by atoms with E-state index in [1.165, 1.54) is 0 Å². The van der Waals surface area contributed by atoms with Crippen LogP contribution in [0.25, 0.3) is 0 Å². The van der Waals surface area contributed by atoms with Crippen LogP contribution in [0.3, 0.4) is 0 Å². The van der Waals surface area contributed by atoms with Crippen molar-refractivity contribution in [2.75, 3.05) is 5.32 Å². The lowest BCUT2D eigenvalue weighted by atomic mass is 10.1. The predicted molar refractivity (Wildman–Crippen MR) is 78.8 cm³/mol. The standard InChI is InChI=1S/C13H10Br2N2O/c1-8-6-9(2-4-11(8)15)13(18)17-12-5-3-10(14)7-16-12/h2-7H,1H3,(H,16,17,18). The Morgan fingerprint density at radius 1 is 1.22 bits per heavy atom. The molecule has 0 saturated heterocycles. The number of hydrogen-bond acceptors (Lipinski definition) is 2. The van der Waals surface area contributed by atoms with Crippen molar-refractivity contribution in [2.45, 2.75) is 6.92 Å². The molecule has 0 aliphatic heterocycles. The number of rotatable bonds is 2. The van der Waals surface area contributed by atoms with E-state index in [-0.39, 0.29) is 5.91 Å². The number of aryl methyl sites for hydroxylation is 1. The first kappa shape index (κ1) is 13.2. The fourth-order valence-electron chi connectivity index (χ4n) is 1.42. The molecular formula is C13H10Br2N2O. The maximum atomic E-state index is 12.0. The van der Waals surface area contributed by atoms with Crippen LogP contribution >= 0.6 is 31.9 Å². The summed E-state index contributed by atoms with van der Waals surface area (Å²) in [5.74, 6) is 0.365. The molecule has 1 amide bonds. The van der Waals surface area contributed by atoms with E-state index in [9.17, 15) is 4.79 Å². The van der Waals surface area contributed by atoms with Gasteiger partial charge in [-0.3, -0.25) is 4.79 Å². The fourth-order valence-corrected chi connectivity index (χ4v) is 1.91.